The summed E-state index contributed by atoms with van der Waals surface area (Å²) in [5.41, 5.74) is 4.85. The van der Waals surface area contributed by atoms with Crippen molar-refractivity contribution in [1.29, 1.82) is 0 Å². The maximum Gasteiger partial charge on any atom is 0.237 e. The molecule has 1 heterocycles. The second-order valence-electron chi connectivity index (χ2n) is 7.78. The van der Waals surface area contributed by atoms with Crippen LogP contribution in [0.1, 0.15) is 31.9 Å². The zero-order valence-electron chi connectivity index (χ0n) is 16.6. The van der Waals surface area contributed by atoms with Crippen LogP contribution in [0.5, 0.6) is 0 Å². The molecule has 2 aromatic carbocycles. The fraction of sp³-hybridized carbons (Fsp3) is 0.273. The van der Waals surface area contributed by atoms with Crippen molar-refractivity contribution in [2.24, 2.45) is 0 Å². The normalized spacial score (nSPS) is 12.0. The van der Waals surface area contributed by atoms with E-state index in [1.54, 1.807) is 39.2 Å². The Hall–Kier alpha value is -2.73. The van der Waals surface area contributed by atoms with Crippen molar-refractivity contribution in [3.8, 4) is 11.3 Å². The fourth-order valence-electron chi connectivity index (χ4n) is 2.65. The predicted octanol–water partition coefficient (Wildman–Crippen LogP) is 5.41. The Balaban J connectivity index is 1.64. The van der Waals surface area contributed by atoms with Crippen molar-refractivity contribution in [2.45, 2.75) is 39.0 Å². The van der Waals surface area contributed by atoms with Gasteiger partial charge in [-0.25, -0.2) is 8.42 Å². The van der Waals surface area contributed by atoms with Crippen molar-refractivity contribution in [1.82, 2.24) is 0 Å². The first-order valence-electron chi connectivity index (χ1n) is 9.15. The summed E-state index contributed by atoms with van der Waals surface area (Å²) in [7, 11) is -3.42. The highest BCUT2D eigenvalue weighted by Gasteiger charge is 2.28. The topological polar surface area (TPSA) is 71.3 Å². The van der Waals surface area contributed by atoms with Crippen LogP contribution in [0.4, 0.5) is 11.4 Å². The number of sulfonamides is 1. The van der Waals surface area contributed by atoms with E-state index in [1.165, 1.54) is 0 Å². The van der Waals surface area contributed by atoms with E-state index in [9.17, 15) is 8.42 Å². The van der Waals surface area contributed by atoms with Gasteiger partial charge in [0, 0.05) is 23.5 Å². The summed E-state index contributed by atoms with van der Waals surface area (Å²) in [4.78, 5) is 0. The summed E-state index contributed by atoms with van der Waals surface area (Å²) in [5, 5.41) is 3.42. The second kappa shape index (κ2) is 7.72. The Morgan fingerprint density at radius 2 is 1.71 bits per heavy atom. The van der Waals surface area contributed by atoms with E-state index in [0.29, 0.717) is 12.2 Å². The molecular formula is C22H26N2O3S. The smallest absolute Gasteiger partial charge is 0.237 e. The molecule has 148 valence electrons. The van der Waals surface area contributed by atoms with E-state index in [1.807, 2.05) is 36.4 Å². The van der Waals surface area contributed by atoms with Crippen LogP contribution in [-0.2, 0) is 16.6 Å². The molecule has 2 N–H and O–H groups in total. The highest BCUT2D eigenvalue weighted by atomic mass is 32.2. The van der Waals surface area contributed by atoms with E-state index in [4.69, 9.17) is 4.42 Å². The highest BCUT2D eigenvalue weighted by Crippen LogP contribution is 2.26. The van der Waals surface area contributed by atoms with Crippen molar-refractivity contribution >= 4 is 21.4 Å². The van der Waals surface area contributed by atoms with Gasteiger partial charge in [-0.3, -0.25) is 4.72 Å². The second-order valence-corrected chi connectivity index (χ2v) is 10.2. The summed E-state index contributed by atoms with van der Waals surface area (Å²) in [6.45, 7) is 7.72. The molecule has 5 nitrogen and oxygen atoms in total. The van der Waals surface area contributed by atoms with E-state index in [0.717, 1.165) is 28.1 Å². The Bertz CT molecular complexity index is 1030. The quantitative estimate of drug-likeness (QED) is 0.583. The first-order valence-corrected chi connectivity index (χ1v) is 10.6. The van der Waals surface area contributed by atoms with Crippen molar-refractivity contribution < 1.29 is 12.8 Å². The number of rotatable bonds is 6. The Kier molecular flexibility index (Phi) is 5.52. The van der Waals surface area contributed by atoms with Crippen molar-refractivity contribution in [3.63, 3.8) is 0 Å². The molecule has 0 atom stereocenters. The van der Waals surface area contributed by atoms with E-state index in [2.05, 4.69) is 23.0 Å². The SMILES string of the molecule is Cc1cc(-c2ccco2)ccc1NCc1ccc(NS(=O)(=O)C(C)(C)C)cc1. The number of hydrogen-bond donors (Lipinski definition) is 2. The molecule has 0 aliphatic rings. The van der Waals surface area contributed by atoms with Gasteiger partial charge in [-0.1, -0.05) is 12.1 Å². The van der Waals surface area contributed by atoms with Crippen molar-refractivity contribution in [3.05, 3.63) is 72.0 Å². The minimum Gasteiger partial charge on any atom is -0.464 e. The molecule has 0 saturated carbocycles. The average molecular weight is 399 g/mol. The van der Waals surface area contributed by atoms with Gasteiger partial charge in [0.05, 0.1) is 11.0 Å². The molecule has 0 radical (unpaired) electrons. The minimum absolute atomic E-state index is 0.567. The molecule has 28 heavy (non-hydrogen) atoms. The maximum absolute atomic E-state index is 12.2. The fourth-order valence-corrected chi connectivity index (χ4v) is 3.41. The Morgan fingerprint density at radius 3 is 2.29 bits per heavy atom. The molecule has 0 saturated heterocycles. The largest absolute Gasteiger partial charge is 0.464 e. The molecule has 0 spiro atoms. The van der Waals surface area contributed by atoms with E-state index >= 15 is 0 Å². The number of anilines is 2. The van der Waals surface area contributed by atoms with Crippen LogP contribution >= 0.6 is 0 Å². The van der Waals surface area contributed by atoms with Gasteiger partial charge in [0.25, 0.3) is 0 Å². The summed E-state index contributed by atoms with van der Waals surface area (Å²) in [6.07, 6.45) is 1.67. The molecule has 3 aromatic rings. The number of benzene rings is 2. The van der Waals surface area contributed by atoms with Crippen LogP contribution in [0.2, 0.25) is 0 Å². The van der Waals surface area contributed by atoms with Crippen LogP contribution in [0.3, 0.4) is 0 Å². The molecule has 0 bridgehead atoms. The van der Waals surface area contributed by atoms with Crippen LogP contribution < -0.4 is 10.0 Å². The maximum atomic E-state index is 12.2. The van der Waals surface area contributed by atoms with Gasteiger partial charge in [-0.15, -0.1) is 0 Å². The molecular weight excluding hydrogens is 372 g/mol. The number of nitrogens with one attached hydrogen (secondary N) is 2. The zero-order chi connectivity index (χ0) is 20.4. The molecule has 0 aliphatic carbocycles. The number of furan rings is 1. The van der Waals surface area contributed by atoms with Crippen LogP contribution in [0.25, 0.3) is 11.3 Å². The standard InChI is InChI=1S/C22H26N2O3S/c1-16-14-18(21-6-5-13-27-21)9-12-20(16)23-15-17-7-10-19(11-8-17)24-28(25,26)22(2,3)4/h5-14,23-24H,15H2,1-4H3. The molecule has 0 fully saturated rings. The Morgan fingerprint density at radius 1 is 1.00 bits per heavy atom. The van der Waals surface area contributed by atoms with Crippen LogP contribution in [0, 0.1) is 6.92 Å². The van der Waals surface area contributed by atoms with Gasteiger partial charge in [0.1, 0.15) is 5.76 Å². The van der Waals surface area contributed by atoms with Crippen molar-refractivity contribution in [2.75, 3.05) is 10.0 Å². The van der Waals surface area contributed by atoms with Gasteiger partial charge < -0.3 is 9.73 Å². The van der Waals surface area contributed by atoms with Gasteiger partial charge in [-0.05, 0) is 81.3 Å². The van der Waals surface area contributed by atoms with Gasteiger partial charge in [0.15, 0.2) is 0 Å². The lowest BCUT2D eigenvalue weighted by Gasteiger charge is -2.20. The summed E-state index contributed by atoms with van der Waals surface area (Å²) >= 11 is 0. The number of aryl methyl sites for hydroxylation is 1. The zero-order valence-corrected chi connectivity index (χ0v) is 17.4. The lowest BCUT2D eigenvalue weighted by molar-refractivity contribution is 0.566. The molecule has 6 heteroatoms. The van der Waals surface area contributed by atoms with E-state index < -0.39 is 14.8 Å². The third-order valence-electron chi connectivity index (χ3n) is 4.53. The van der Waals surface area contributed by atoms with E-state index in [-0.39, 0.29) is 0 Å². The monoisotopic (exact) mass is 398 g/mol. The van der Waals surface area contributed by atoms with Gasteiger partial charge >= 0.3 is 0 Å². The first-order chi connectivity index (χ1) is 13.2. The van der Waals surface area contributed by atoms with Gasteiger partial charge in [0.2, 0.25) is 10.0 Å². The van der Waals surface area contributed by atoms with Crippen LogP contribution in [-0.4, -0.2) is 13.2 Å². The molecule has 0 unspecified atom stereocenters. The summed E-state index contributed by atoms with van der Waals surface area (Å²) < 4.78 is 31.7. The van der Waals surface area contributed by atoms with Gasteiger partial charge in [-0.2, -0.15) is 0 Å². The lowest BCUT2D eigenvalue weighted by atomic mass is 10.1. The summed E-state index contributed by atoms with van der Waals surface area (Å²) in [5.74, 6) is 0.850. The molecule has 0 amide bonds. The Labute approximate surface area is 166 Å². The molecule has 0 aliphatic heterocycles. The third kappa shape index (κ3) is 4.57. The molecule has 3 rings (SSSR count). The average Bonchev–Trinajstić information content (AvgIpc) is 3.15. The highest BCUT2D eigenvalue weighted by molar-refractivity contribution is 7.94. The lowest BCUT2D eigenvalue weighted by Crippen LogP contribution is -2.33. The first kappa shape index (κ1) is 20.0. The third-order valence-corrected chi connectivity index (χ3v) is 6.64. The number of hydrogen-bond acceptors (Lipinski definition) is 4. The van der Waals surface area contributed by atoms with Crippen LogP contribution in [0.15, 0.2) is 65.3 Å². The minimum atomic E-state index is -3.42. The molecule has 1 aromatic heterocycles. The summed E-state index contributed by atoms with van der Waals surface area (Å²) in [6, 6.07) is 17.4. The predicted molar refractivity (Wildman–Crippen MR) is 115 cm³/mol.